The van der Waals surface area contributed by atoms with Crippen LogP contribution in [0.15, 0.2) is 5.11 Å². The van der Waals surface area contributed by atoms with Crippen LogP contribution in [-0.4, -0.2) is 17.3 Å². The van der Waals surface area contributed by atoms with Crippen molar-refractivity contribution < 1.29 is 22.2 Å². The SMILES string of the molecule is C[C@@](CO)(N=[N+]=[N-])[C]1[CH][CH][CH][CH]1.[CH]1[CH][CH][CH][CH]1.[Fe+2]. The van der Waals surface area contributed by atoms with E-state index in [2.05, 4.69) is 10.0 Å². The molecule has 2 rings (SSSR count). The van der Waals surface area contributed by atoms with Crippen molar-refractivity contribution in [3.63, 3.8) is 0 Å². The van der Waals surface area contributed by atoms with E-state index in [1.807, 2.05) is 57.8 Å². The van der Waals surface area contributed by atoms with Gasteiger partial charge in [0.1, 0.15) is 0 Å². The summed E-state index contributed by atoms with van der Waals surface area (Å²) in [5.41, 5.74) is 7.46. The first-order chi connectivity index (χ1) is 8.23. The van der Waals surface area contributed by atoms with Crippen LogP contribution in [-0.2, 0) is 17.1 Å². The maximum atomic E-state index is 9.02. The second-order valence-electron chi connectivity index (χ2n) is 3.76. The monoisotopic (exact) mass is 285 g/mol. The zero-order valence-electron chi connectivity index (χ0n) is 10.0. The van der Waals surface area contributed by atoms with Crippen LogP contribution in [0.3, 0.4) is 0 Å². The van der Waals surface area contributed by atoms with Crippen molar-refractivity contribution in [2.75, 3.05) is 6.61 Å². The van der Waals surface area contributed by atoms with Gasteiger partial charge < -0.3 is 5.11 Å². The summed E-state index contributed by atoms with van der Waals surface area (Å²) in [4.78, 5) is 2.70. The van der Waals surface area contributed by atoms with Gasteiger partial charge in [-0.3, -0.25) is 0 Å². The summed E-state index contributed by atoms with van der Waals surface area (Å²) in [6.45, 7) is 1.52. The van der Waals surface area contributed by atoms with Gasteiger partial charge in [0.2, 0.25) is 0 Å². The number of aliphatic hydroxyl groups excluding tert-OH is 1. The molecule has 0 aromatic heterocycles. The molecule has 0 aromatic carbocycles. The van der Waals surface area contributed by atoms with Crippen LogP contribution in [0.5, 0.6) is 0 Å². The molecule has 18 heavy (non-hydrogen) atoms. The normalized spacial score (nSPS) is 22.1. The molecule has 10 radical (unpaired) electrons. The van der Waals surface area contributed by atoms with Crippen LogP contribution in [0, 0.1) is 63.7 Å². The van der Waals surface area contributed by atoms with Crippen molar-refractivity contribution in [1.29, 1.82) is 0 Å². The van der Waals surface area contributed by atoms with Gasteiger partial charge in [0.25, 0.3) is 0 Å². The van der Waals surface area contributed by atoms with Crippen molar-refractivity contribution in [3.05, 3.63) is 74.1 Å². The fraction of sp³-hybridized carbons (Fsp3) is 0.231. The predicted octanol–water partition coefficient (Wildman–Crippen LogP) is 2.47. The molecule has 0 spiro atoms. The van der Waals surface area contributed by atoms with Gasteiger partial charge in [-0.25, -0.2) is 0 Å². The first-order valence-electron chi connectivity index (χ1n) is 5.29. The van der Waals surface area contributed by atoms with E-state index in [1.54, 1.807) is 6.92 Å². The number of hydrogen-bond donors (Lipinski definition) is 1. The van der Waals surface area contributed by atoms with Gasteiger partial charge in [0.15, 0.2) is 0 Å². The van der Waals surface area contributed by atoms with Crippen molar-refractivity contribution >= 4 is 0 Å². The van der Waals surface area contributed by atoms with Crippen LogP contribution in [0.4, 0.5) is 0 Å². The third-order valence-electron chi connectivity index (χ3n) is 2.41. The van der Waals surface area contributed by atoms with E-state index >= 15 is 0 Å². The zero-order valence-corrected chi connectivity index (χ0v) is 11.1. The maximum absolute atomic E-state index is 9.02. The Kier molecular flexibility index (Phi) is 9.57. The molecular formula is C13H15FeN3O+2. The van der Waals surface area contributed by atoms with Crippen LogP contribution in [0.1, 0.15) is 6.92 Å². The Labute approximate surface area is 121 Å². The van der Waals surface area contributed by atoms with Crippen molar-refractivity contribution in [1.82, 2.24) is 0 Å². The molecule has 0 aliphatic heterocycles. The summed E-state index contributed by atoms with van der Waals surface area (Å²) in [5, 5.41) is 12.6. The van der Waals surface area contributed by atoms with Gasteiger partial charge in [-0.05, 0) is 69.2 Å². The average Bonchev–Trinajstić information content (AvgIpc) is 3.04. The summed E-state index contributed by atoms with van der Waals surface area (Å²) >= 11 is 0. The number of nitrogens with zero attached hydrogens (tertiary/aromatic N) is 3. The van der Waals surface area contributed by atoms with E-state index in [-0.39, 0.29) is 23.7 Å². The average molecular weight is 285 g/mol. The van der Waals surface area contributed by atoms with Gasteiger partial charge in [0.05, 0.1) is 12.1 Å². The van der Waals surface area contributed by atoms with E-state index in [0.29, 0.717) is 0 Å². The van der Waals surface area contributed by atoms with Gasteiger partial charge >= 0.3 is 17.1 Å². The first kappa shape index (κ1) is 17.8. The third-order valence-corrected chi connectivity index (χ3v) is 2.41. The fourth-order valence-corrected chi connectivity index (χ4v) is 1.33. The molecule has 5 heteroatoms. The van der Waals surface area contributed by atoms with E-state index in [9.17, 15) is 0 Å². The predicted molar refractivity (Wildman–Crippen MR) is 66.6 cm³/mol. The molecule has 1 N–H and O–H groups in total. The second kappa shape index (κ2) is 9.68. The Bertz CT molecular complexity index is 251. The van der Waals surface area contributed by atoms with Gasteiger partial charge in [-0.15, -0.1) is 0 Å². The van der Waals surface area contributed by atoms with E-state index in [0.717, 1.165) is 5.92 Å². The van der Waals surface area contributed by atoms with Crippen LogP contribution in [0.2, 0.25) is 0 Å². The van der Waals surface area contributed by atoms with E-state index < -0.39 is 5.54 Å². The molecule has 4 nitrogen and oxygen atoms in total. The first-order valence-corrected chi connectivity index (χ1v) is 5.29. The summed E-state index contributed by atoms with van der Waals surface area (Å²) in [7, 11) is 0. The zero-order chi connectivity index (χ0) is 12.6. The van der Waals surface area contributed by atoms with Crippen molar-refractivity contribution in [2.45, 2.75) is 12.5 Å². The van der Waals surface area contributed by atoms with Gasteiger partial charge in [-0.1, -0.05) is 12.0 Å². The Hall–Kier alpha value is -0.211. The van der Waals surface area contributed by atoms with E-state index in [4.69, 9.17) is 10.6 Å². The molecule has 0 unspecified atom stereocenters. The Balaban J connectivity index is 0.000000405. The van der Waals surface area contributed by atoms with E-state index in [1.165, 1.54) is 0 Å². The third kappa shape index (κ3) is 5.62. The number of azide groups is 1. The molecule has 2 fully saturated rings. The maximum Gasteiger partial charge on any atom is 2.00 e. The second-order valence-corrected chi connectivity index (χ2v) is 3.76. The minimum Gasteiger partial charge on any atom is -0.396 e. The number of rotatable bonds is 3. The summed E-state index contributed by atoms with van der Waals surface area (Å²) in [6.07, 6.45) is 17.3. The molecule has 94 valence electrons. The van der Waals surface area contributed by atoms with Crippen LogP contribution < -0.4 is 0 Å². The quantitative estimate of drug-likeness (QED) is 0.368. The van der Waals surface area contributed by atoms with Crippen molar-refractivity contribution in [3.8, 4) is 0 Å². The van der Waals surface area contributed by atoms with Gasteiger partial charge in [0, 0.05) is 4.91 Å². The molecule has 0 aromatic rings. The molecule has 2 aliphatic rings. The molecule has 0 bridgehead atoms. The number of hydrogen-bond acceptors (Lipinski definition) is 2. The Morgan fingerprint density at radius 2 is 1.56 bits per heavy atom. The van der Waals surface area contributed by atoms with Gasteiger partial charge in [-0.2, -0.15) is 0 Å². The summed E-state index contributed by atoms with van der Waals surface area (Å²) < 4.78 is 0. The number of aliphatic hydroxyl groups is 1. The van der Waals surface area contributed by atoms with Crippen LogP contribution >= 0.6 is 0 Å². The Morgan fingerprint density at radius 1 is 1.11 bits per heavy atom. The molecule has 0 saturated heterocycles. The molecule has 2 saturated carbocycles. The summed E-state index contributed by atoms with van der Waals surface area (Å²) in [6, 6.07) is 0. The standard InChI is InChI=1S/C8H10N3O.C5H5.Fe/c1-8(6-12,10-11-9)7-4-2-3-5-7;1-2-4-5-3-1;/h2-5,12H,6H2,1H3;1-5H;/q;;+2/t8-;;/m0../s1. The van der Waals surface area contributed by atoms with Crippen molar-refractivity contribution in [2.24, 2.45) is 5.11 Å². The fourth-order valence-electron chi connectivity index (χ4n) is 1.33. The molecule has 0 amide bonds. The molecule has 2 aliphatic carbocycles. The summed E-state index contributed by atoms with van der Waals surface area (Å²) in [5.74, 6) is 0.836. The molecule has 0 heterocycles. The molecular weight excluding hydrogens is 270 g/mol. The molecule has 1 atom stereocenters. The van der Waals surface area contributed by atoms with Crippen LogP contribution in [0.25, 0.3) is 10.4 Å². The largest absolute Gasteiger partial charge is 2.00 e. The topological polar surface area (TPSA) is 69.0 Å². The Morgan fingerprint density at radius 3 is 1.89 bits per heavy atom. The smallest absolute Gasteiger partial charge is 0.396 e. The minimum atomic E-state index is -0.821. The minimum absolute atomic E-state index is 0.